The fourth-order valence-electron chi connectivity index (χ4n) is 2.51. The average Bonchev–Trinajstić information content (AvgIpc) is 2.56. The first-order valence-corrected chi connectivity index (χ1v) is 8.27. The molecule has 0 saturated heterocycles. The third-order valence-corrected chi connectivity index (χ3v) is 3.55. The third kappa shape index (κ3) is 5.40. The summed E-state index contributed by atoms with van der Waals surface area (Å²) < 4.78 is 0. The van der Waals surface area contributed by atoms with Crippen molar-refractivity contribution in [3.63, 3.8) is 0 Å². The molecule has 0 aliphatic carbocycles. The Balaban J connectivity index is 1.95. The fourth-order valence-corrected chi connectivity index (χ4v) is 2.51. The Morgan fingerprint density at radius 1 is 1.04 bits per heavy atom. The first-order valence-electron chi connectivity index (χ1n) is 8.27. The highest BCUT2D eigenvalue weighted by Gasteiger charge is 2.07. The second-order valence-corrected chi connectivity index (χ2v) is 5.60. The molecule has 4 heteroatoms. The third-order valence-electron chi connectivity index (χ3n) is 3.55. The molecular weight excluding hydrogens is 286 g/mol. The minimum Gasteiger partial charge on any atom is -0.357 e. The van der Waals surface area contributed by atoms with E-state index in [9.17, 15) is 4.79 Å². The molecule has 4 nitrogen and oxygen atoms in total. The second kappa shape index (κ2) is 8.93. The SMILES string of the molecule is CCCN(CCC)c1ccc(NC(=O)Cc2ccccc2)cn1. The molecule has 0 aliphatic heterocycles. The summed E-state index contributed by atoms with van der Waals surface area (Å²) in [5.74, 6) is 0.944. The van der Waals surface area contributed by atoms with E-state index in [-0.39, 0.29) is 5.91 Å². The van der Waals surface area contributed by atoms with Crippen LogP contribution in [0.1, 0.15) is 32.3 Å². The van der Waals surface area contributed by atoms with Gasteiger partial charge in [0, 0.05) is 13.1 Å². The number of benzene rings is 1. The van der Waals surface area contributed by atoms with E-state index in [2.05, 4.69) is 29.0 Å². The quantitative estimate of drug-likeness (QED) is 0.804. The van der Waals surface area contributed by atoms with Crippen molar-refractivity contribution >= 4 is 17.4 Å². The van der Waals surface area contributed by atoms with Gasteiger partial charge < -0.3 is 10.2 Å². The molecule has 0 radical (unpaired) electrons. The molecule has 122 valence electrons. The van der Waals surface area contributed by atoms with E-state index in [1.807, 2.05) is 42.5 Å². The van der Waals surface area contributed by atoms with Gasteiger partial charge in [0.05, 0.1) is 18.3 Å². The maximum Gasteiger partial charge on any atom is 0.228 e. The van der Waals surface area contributed by atoms with Crippen molar-refractivity contribution in [1.82, 2.24) is 4.98 Å². The lowest BCUT2D eigenvalue weighted by Crippen LogP contribution is -2.25. The molecule has 2 aromatic rings. The normalized spacial score (nSPS) is 10.3. The minimum absolute atomic E-state index is 0.0234. The summed E-state index contributed by atoms with van der Waals surface area (Å²) in [6.07, 6.45) is 4.30. The number of pyridine rings is 1. The Morgan fingerprint density at radius 3 is 2.30 bits per heavy atom. The van der Waals surface area contributed by atoms with Gasteiger partial charge in [-0.05, 0) is 30.5 Å². The number of amides is 1. The van der Waals surface area contributed by atoms with Crippen molar-refractivity contribution in [1.29, 1.82) is 0 Å². The highest BCUT2D eigenvalue weighted by atomic mass is 16.1. The molecule has 2 rings (SSSR count). The van der Waals surface area contributed by atoms with Crippen molar-refractivity contribution in [3.05, 3.63) is 54.2 Å². The Morgan fingerprint density at radius 2 is 1.74 bits per heavy atom. The van der Waals surface area contributed by atoms with E-state index < -0.39 is 0 Å². The van der Waals surface area contributed by atoms with Crippen LogP contribution >= 0.6 is 0 Å². The predicted octanol–water partition coefficient (Wildman–Crippen LogP) is 3.89. The molecule has 0 atom stereocenters. The van der Waals surface area contributed by atoms with Crippen LogP contribution in [0.4, 0.5) is 11.5 Å². The van der Waals surface area contributed by atoms with Crippen molar-refractivity contribution in [2.24, 2.45) is 0 Å². The predicted molar refractivity (Wildman–Crippen MR) is 95.8 cm³/mol. The standard InChI is InChI=1S/C19H25N3O/c1-3-12-22(13-4-2)18-11-10-17(15-20-18)21-19(23)14-16-8-6-5-7-9-16/h5-11,15H,3-4,12-14H2,1-2H3,(H,21,23). The maximum atomic E-state index is 12.1. The number of aromatic nitrogens is 1. The molecule has 1 heterocycles. The molecule has 1 amide bonds. The van der Waals surface area contributed by atoms with Gasteiger partial charge in [0.15, 0.2) is 0 Å². The van der Waals surface area contributed by atoms with Gasteiger partial charge in [-0.25, -0.2) is 4.98 Å². The van der Waals surface area contributed by atoms with Gasteiger partial charge >= 0.3 is 0 Å². The number of nitrogens with one attached hydrogen (secondary N) is 1. The first-order chi connectivity index (χ1) is 11.2. The molecule has 0 fully saturated rings. The minimum atomic E-state index is -0.0234. The zero-order valence-corrected chi connectivity index (χ0v) is 14.0. The van der Waals surface area contributed by atoms with Crippen LogP contribution in [0, 0.1) is 0 Å². The summed E-state index contributed by atoms with van der Waals surface area (Å²) in [4.78, 5) is 18.8. The van der Waals surface area contributed by atoms with Crippen LogP contribution in [0.2, 0.25) is 0 Å². The lowest BCUT2D eigenvalue weighted by atomic mass is 10.1. The summed E-state index contributed by atoms with van der Waals surface area (Å²) in [6, 6.07) is 13.6. The first kappa shape index (κ1) is 17.0. The number of carbonyl (C=O) groups excluding carboxylic acids is 1. The molecule has 1 aromatic carbocycles. The lowest BCUT2D eigenvalue weighted by molar-refractivity contribution is -0.115. The summed E-state index contributed by atoms with van der Waals surface area (Å²) in [5.41, 5.74) is 1.74. The Labute approximate surface area is 138 Å². The van der Waals surface area contributed by atoms with Crippen molar-refractivity contribution in [2.75, 3.05) is 23.3 Å². The second-order valence-electron chi connectivity index (χ2n) is 5.60. The lowest BCUT2D eigenvalue weighted by Gasteiger charge is -2.22. The van der Waals surface area contributed by atoms with E-state index in [1.165, 1.54) is 0 Å². The van der Waals surface area contributed by atoms with Crippen molar-refractivity contribution < 1.29 is 4.79 Å². The monoisotopic (exact) mass is 311 g/mol. The molecule has 0 aliphatic rings. The summed E-state index contributed by atoms with van der Waals surface area (Å²) in [5, 5.41) is 2.90. The highest BCUT2D eigenvalue weighted by molar-refractivity contribution is 5.92. The van der Waals surface area contributed by atoms with E-state index >= 15 is 0 Å². The van der Waals surface area contributed by atoms with Gasteiger partial charge in [-0.3, -0.25) is 4.79 Å². The highest BCUT2D eigenvalue weighted by Crippen LogP contribution is 2.15. The van der Waals surface area contributed by atoms with Crippen LogP contribution in [0.3, 0.4) is 0 Å². The van der Waals surface area contributed by atoms with Gasteiger partial charge in [-0.1, -0.05) is 44.2 Å². The number of hydrogen-bond donors (Lipinski definition) is 1. The van der Waals surface area contributed by atoms with Gasteiger partial charge in [-0.2, -0.15) is 0 Å². The molecule has 0 bridgehead atoms. The van der Waals surface area contributed by atoms with Crippen LogP contribution in [0.15, 0.2) is 48.7 Å². The zero-order chi connectivity index (χ0) is 16.5. The summed E-state index contributed by atoms with van der Waals surface area (Å²) in [7, 11) is 0. The molecule has 0 saturated carbocycles. The molecule has 0 unspecified atom stereocenters. The van der Waals surface area contributed by atoms with E-state index in [0.717, 1.165) is 43.0 Å². The van der Waals surface area contributed by atoms with Crippen molar-refractivity contribution in [2.45, 2.75) is 33.1 Å². The molecule has 0 spiro atoms. The van der Waals surface area contributed by atoms with Crippen LogP contribution < -0.4 is 10.2 Å². The Bertz CT molecular complexity index is 590. The Kier molecular flexibility index (Phi) is 6.60. The van der Waals surface area contributed by atoms with E-state index in [4.69, 9.17) is 0 Å². The number of hydrogen-bond acceptors (Lipinski definition) is 3. The molecule has 23 heavy (non-hydrogen) atoms. The maximum absolute atomic E-state index is 12.1. The topological polar surface area (TPSA) is 45.2 Å². The number of carbonyl (C=O) groups is 1. The summed E-state index contributed by atoms with van der Waals surface area (Å²) in [6.45, 7) is 6.34. The average molecular weight is 311 g/mol. The summed E-state index contributed by atoms with van der Waals surface area (Å²) >= 11 is 0. The van der Waals surface area contributed by atoms with Gasteiger partial charge in [-0.15, -0.1) is 0 Å². The van der Waals surface area contributed by atoms with Gasteiger partial charge in [0.2, 0.25) is 5.91 Å². The van der Waals surface area contributed by atoms with Crippen molar-refractivity contribution in [3.8, 4) is 0 Å². The van der Waals surface area contributed by atoms with E-state index in [1.54, 1.807) is 6.20 Å². The fraction of sp³-hybridized carbons (Fsp3) is 0.368. The molecular formula is C19H25N3O. The van der Waals surface area contributed by atoms with Crippen LogP contribution in [0.25, 0.3) is 0 Å². The van der Waals surface area contributed by atoms with Crippen LogP contribution in [-0.2, 0) is 11.2 Å². The number of nitrogens with zero attached hydrogens (tertiary/aromatic N) is 2. The number of anilines is 2. The smallest absolute Gasteiger partial charge is 0.228 e. The van der Waals surface area contributed by atoms with Crippen LogP contribution in [0.5, 0.6) is 0 Å². The van der Waals surface area contributed by atoms with Crippen LogP contribution in [-0.4, -0.2) is 24.0 Å². The number of rotatable bonds is 8. The molecule has 1 N–H and O–H groups in total. The largest absolute Gasteiger partial charge is 0.357 e. The van der Waals surface area contributed by atoms with Gasteiger partial charge in [0.25, 0.3) is 0 Å². The molecule has 1 aromatic heterocycles. The Hall–Kier alpha value is -2.36. The van der Waals surface area contributed by atoms with Gasteiger partial charge in [0.1, 0.15) is 5.82 Å². The van der Waals surface area contributed by atoms with E-state index in [0.29, 0.717) is 6.42 Å². The zero-order valence-electron chi connectivity index (χ0n) is 14.0.